The van der Waals surface area contributed by atoms with Gasteiger partial charge in [-0.2, -0.15) is 0 Å². The maximum absolute atomic E-state index is 12.6. The Bertz CT molecular complexity index is 876. The number of carbonyl (C=O) groups excluding carboxylic acids is 3. The van der Waals surface area contributed by atoms with Crippen LogP contribution < -0.4 is 0 Å². The molecule has 3 rings (SSSR count). The van der Waals surface area contributed by atoms with Crippen LogP contribution in [-0.2, 0) is 20.7 Å². The fraction of sp³-hybridized carbons (Fsp3) is 0.348. The Morgan fingerprint density at radius 2 is 1.47 bits per heavy atom. The number of hydrogen-bond donors (Lipinski definition) is 0. The van der Waals surface area contributed by atoms with Crippen molar-refractivity contribution < 1.29 is 23.9 Å². The molecule has 30 heavy (non-hydrogen) atoms. The summed E-state index contributed by atoms with van der Waals surface area (Å²) in [5, 5.41) is 0. The van der Waals surface area contributed by atoms with Crippen LogP contribution in [-0.4, -0.2) is 67.2 Å². The van der Waals surface area contributed by atoms with E-state index in [-0.39, 0.29) is 18.6 Å². The largest absolute Gasteiger partial charge is 0.452 e. The van der Waals surface area contributed by atoms with Crippen molar-refractivity contribution in [3.8, 4) is 0 Å². The molecule has 1 fully saturated rings. The summed E-state index contributed by atoms with van der Waals surface area (Å²) in [5.74, 6) is -0.785. The van der Waals surface area contributed by atoms with Crippen molar-refractivity contribution >= 4 is 18.0 Å². The minimum absolute atomic E-state index is 0.271. The SMILES string of the molecule is CCOC(=O)N1CCN(C(=O)COC(=O)c2ccccc2Cc2ccccc2)CC1. The van der Waals surface area contributed by atoms with Crippen LogP contribution in [0.25, 0.3) is 0 Å². The Labute approximate surface area is 176 Å². The second kappa shape index (κ2) is 10.4. The fourth-order valence-corrected chi connectivity index (χ4v) is 3.34. The molecular weight excluding hydrogens is 384 g/mol. The fourth-order valence-electron chi connectivity index (χ4n) is 3.34. The van der Waals surface area contributed by atoms with E-state index in [0.29, 0.717) is 44.8 Å². The molecule has 0 aliphatic carbocycles. The van der Waals surface area contributed by atoms with Gasteiger partial charge < -0.3 is 19.3 Å². The molecule has 158 valence electrons. The molecule has 0 saturated carbocycles. The molecule has 0 atom stereocenters. The van der Waals surface area contributed by atoms with Gasteiger partial charge in [0.25, 0.3) is 5.91 Å². The van der Waals surface area contributed by atoms with Crippen LogP contribution in [0.2, 0.25) is 0 Å². The van der Waals surface area contributed by atoms with E-state index >= 15 is 0 Å². The minimum atomic E-state index is -0.514. The molecule has 0 radical (unpaired) electrons. The zero-order chi connectivity index (χ0) is 21.3. The van der Waals surface area contributed by atoms with Crippen molar-refractivity contribution in [1.29, 1.82) is 0 Å². The first-order valence-electron chi connectivity index (χ1n) is 10.1. The van der Waals surface area contributed by atoms with Crippen LogP contribution in [0.3, 0.4) is 0 Å². The number of hydrogen-bond acceptors (Lipinski definition) is 5. The average molecular weight is 410 g/mol. The summed E-state index contributed by atoms with van der Waals surface area (Å²) in [6.45, 7) is 3.33. The summed E-state index contributed by atoms with van der Waals surface area (Å²) in [6.07, 6.45) is 0.238. The third-order valence-corrected chi connectivity index (χ3v) is 4.96. The quantitative estimate of drug-likeness (QED) is 0.685. The zero-order valence-corrected chi connectivity index (χ0v) is 17.1. The van der Waals surface area contributed by atoms with Crippen molar-refractivity contribution in [1.82, 2.24) is 9.80 Å². The predicted octanol–water partition coefficient (Wildman–Crippen LogP) is 2.73. The highest BCUT2D eigenvalue weighted by Gasteiger charge is 2.25. The van der Waals surface area contributed by atoms with Gasteiger partial charge >= 0.3 is 12.1 Å². The lowest BCUT2D eigenvalue weighted by Gasteiger charge is -2.33. The maximum Gasteiger partial charge on any atom is 0.409 e. The van der Waals surface area contributed by atoms with Crippen molar-refractivity contribution in [3.05, 3.63) is 71.3 Å². The lowest BCUT2D eigenvalue weighted by molar-refractivity contribution is -0.136. The molecule has 2 aromatic rings. The highest BCUT2D eigenvalue weighted by molar-refractivity contribution is 5.93. The van der Waals surface area contributed by atoms with Gasteiger partial charge in [0.1, 0.15) is 0 Å². The first-order chi connectivity index (χ1) is 14.6. The van der Waals surface area contributed by atoms with Crippen LogP contribution in [0.4, 0.5) is 4.79 Å². The highest BCUT2D eigenvalue weighted by atomic mass is 16.6. The smallest absolute Gasteiger partial charge is 0.409 e. The number of piperazine rings is 1. The summed E-state index contributed by atoms with van der Waals surface area (Å²) in [5.41, 5.74) is 2.40. The van der Waals surface area contributed by atoms with Gasteiger partial charge in [0.15, 0.2) is 6.61 Å². The second-order valence-electron chi connectivity index (χ2n) is 6.96. The van der Waals surface area contributed by atoms with Gasteiger partial charge in [-0.1, -0.05) is 48.5 Å². The predicted molar refractivity (Wildman–Crippen MR) is 111 cm³/mol. The molecule has 2 amide bonds. The van der Waals surface area contributed by atoms with Crippen LogP contribution >= 0.6 is 0 Å². The van der Waals surface area contributed by atoms with Gasteiger partial charge in [0.2, 0.25) is 0 Å². The Morgan fingerprint density at radius 1 is 0.833 bits per heavy atom. The average Bonchev–Trinajstić information content (AvgIpc) is 2.78. The number of ether oxygens (including phenoxy) is 2. The summed E-state index contributed by atoms with van der Waals surface area (Å²) >= 11 is 0. The zero-order valence-electron chi connectivity index (χ0n) is 17.1. The van der Waals surface area contributed by atoms with Crippen LogP contribution in [0.5, 0.6) is 0 Å². The number of nitrogens with zero attached hydrogens (tertiary/aromatic N) is 2. The van der Waals surface area contributed by atoms with E-state index in [1.807, 2.05) is 42.5 Å². The Morgan fingerprint density at radius 3 is 2.17 bits per heavy atom. The van der Waals surface area contributed by atoms with E-state index in [4.69, 9.17) is 9.47 Å². The van der Waals surface area contributed by atoms with Gasteiger partial charge in [-0.3, -0.25) is 4.79 Å². The van der Waals surface area contributed by atoms with Crippen LogP contribution in [0.15, 0.2) is 54.6 Å². The van der Waals surface area contributed by atoms with Gasteiger partial charge in [0, 0.05) is 26.2 Å². The highest BCUT2D eigenvalue weighted by Crippen LogP contribution is 2.16. The molecule has 0 unspecified atom stereocenters. The van der Waals surface area contributed by atoms with E-state index < -0.39 is 5.97 Å². The Balaban J connectivity index is 1.52. The number of esters is 1. The second-order valence-corrected chi connectivity index (χ2v) is 6.96. The van der Waals surface area contributed by atoms with E-state index in [0.717, 1.165) is 11.1 Å². The van der Waals surface area contributed by atoms with Crippen molar-refractivity contribution in [2.45, 2.75) is 13.3 Å². The standard InChI is InChI=1S/C23H26N2O5/c1-2-29-23(28)25-14-12-24(13-15-25)21(26)17-30-22(27)20-11-7-6-10-19(20)16-18-8-4-3-5-9-18/h3-11H,2,12-17H2,1H3. The number of amides is 2. The third-order valence-electron chi connectivity index (χ3n) is 4.96. The molecule has 1 saturated heterocycles. The third kappa shape index (κ3) is 5.59. The maximum atomic E-state index is 12.6. The van der Waals surface area contributed by atoms with Gasteiger partial charge in [-0.15, -0.1) is 0 Å². The molecule has 0 spiro atoms. The Hall–Kier alpha value is -3.35. The number of carbonyl (C=O) groups is 3. The van der Waals surface area contributed by atoms with Crippen LogP contribution in [0.1, 0.15) is 28.4 Å². The van der Waals surface area contributed by atoms with Gasteiger partial charge in [0.05, 0.1) is 12.2 Å². The van der Waals surface area contributed by atoms with E-state index in [1.165, 1.54) is 0 Å². The molecule has 1 aliphatic rings. The molecular formula is C23H26N2O5. The first-order valence-corrected chi connectivity index (χ1v) is 10.1. The minimum Gasteiger partial charge on any atom is -0.452 e. The summed E-state index contributed by atoms with van der Waals surface area (Å²) < 4.78 is 10.3. The van der Waals surface area contributed by atoms with E-state index in [2.05, 4.69) is 0 Å². The van der Waals surface area contributed by atoms with Crippen molar-refractivity contribution in [3.63, 3.8) is 0 Å². The molecule has 0 bridgehead atoms. The molecule has 0 N–H and O–H groups in total. The van der Waals surface area contributed by atoms with Crippen LogP contribution in [0, 0.1) is 0 Å². The van der Waals surface area contributed by atoms with Gasteiger partial charge in [-0.05, 0) is 30.5 Å². The van der Waals surface area contributed by atoms with E-state index in [9.17, 15) is 14.4 Å². The number of benzene rings is 2. The lowest BCUT2D eigenvalue weighted by Crippen LogP contribution is -2.51. The summed E-state index contributed by atoms with van der Waals surface area (Å²) in [4.78, 5) is 39.9. The lowest BCUT2D eigenvalue weighted by atomic mass is 10.00. The molecule has 0 aromatic heterocycles. The topological polar surface area (TPSA) is 76.2 Å². The molecule has 1 aliphatic heterocycles. The molecule has 2 aromatic carbocycles. The Kier molecular flexibility index (Phi) is 7.43. The summed E-state index contributed by atoms with van der Waals surface area (Å²) in [7, 11) is 0. The van der Waals surface area contributed by atoms with Crippen molar-refractivity contribution in [2.75, 3.05) is 39.4 Å². The molecule has 7 heteroatoms. The monoisotopic (exact) mass is 410 g/mol. The summed E-state index contributed by atoms with van der Waals surface area (Å²) in [6, 6.07) is 17.1. The molecule has 7 nitrogen and oxygen atoms in total. The van der Waals surface area contributed by atoms with E-state index in [1.54, 1.807) is 28.9 Å². The van der Waals surface area contributed by atoms with Crippen molar-refractivity contribution in [2.24, 2.45) is 0 Å². The normalized spacial score (nSPS) is 13.6. The first kappa shape index (κ1) is 21.4. The van der Waals surface area contributed by atoms with Gasteiger partial charge in [-0.25, -0.2) is 9.59 Å². The molecule has 1 heterocycles. The number of rotatable bonds is 6.